The second-order valence-electron chi connectivity index (χ2n) is 8.48. The van der Waals surface area contributed by atoms with Crippen molar-refractivity contribution < 1.29 is 37.4 Å². The number of aryl methyl sites for hydroxylation is 1. The van der Waals surface area contributed by atoms with Gasteiger partial charge in [0, 0.05) is 18.2 Å². The lowest BCUT2D eigenvalue weighted by molar-refractivity contribution is -0.173. The van der Waals surface area contributed by atoms with E-state index < -0.39 is 51.4 Å². The minimum absolute atomic E-state index is 0.0385. The van der Waals surface area contributed by atoms with Crippen LogP contribution in [0.4, 0.5) is 0 Å². The summed E-state index contributed by atoms with van der Waals surface area (Å²) in [5.41, 5.74) is -2.23. The van der Waals surface area contributed by atoms with Gasteiger partial charge in [-0.15, -0.1) is 0 Å². The molecule has 1 rings (SSSR count). The molecule has 1 N–H and O–H groups in total. The zero-order valence-corrected chi connectivity index (χ0v) is 20.7. The second kappa shape index (κ2) is 12.1. The molecule has 184 valence electrons. The van der Waals surface area contributed by atoms with E-state index >= 15 is 0 Å². The summed E-state index contributed by atoms with van der Waals surface area (Å²) in [5, 5.41) is 10.8. The lowest BCUT2D eigenvalue weighted by Gasteiger charge is -2.28. The van der Waals surface area contributed by atoms with Crippen LogP contribution in [0.5, 0.6) is 0 Å². The predicted octanol–water partition coefficient (Wildman–Crippen LogP) is 3.30. The van der Waals surface area contributed by atoms with Crippen molar-refractivity contribution in [1.29, 1.82) is 0 Å². The predicted molar refractivity (Wildman–Crippen MR) is 123 cm³/mol. The number of ether oxygens (including phenoxy) is 2. The van der Waals surface area contributed by atoms with Gasteiger partial charge in [-0.2, -0.15) is 0 Å². The van der Waals surface area contributed by atoms with E-state index in [0.717, 1.165) is 11.0 Å². The smallest absolute Gasteiger partial charge is 0.324 e. The summed E-state index contributed by atoms with van der Waals surface area (Å²) in [5.74, 6) is -2.37. The average molecular weight is 483 g/mol. The number of aliphatic hydroxyl groups is 1. The monoisotopic (exact) mass is 482 g/mol. The van der Waals surface area contributed by atoms with Crippen LogP contribution in [0.25, 0.3) is 0 Å². The number of hydrogen-bond acceptors (Lipinski definition) is 8. The Kier molecular flexibility index (Phi) is 10.4. The molecule has 1 aromatic carbocycles. The van der Waals surface area contributed by atoms with Gasteiger partial charge in [-0.05, 0) is 59.6 Å². The van der Waals surface area contributed by atoms with Crippen LogP contribution in [0.2, 0.25) is 0 Å². The topological polar surface area (TPSA) is 124 Å². The second-order valence-corrected chi connectivity index (χ2v) is 10.3. The van der Waals surface area contributed by atoms with Gasteiger partial charge in [0.1, 0.15) is 5.78 Å². The number of benzene rings is 1. The number of carbonyl (C=O) groups excluding carboxylic acids is 3. The maximum absolute atomic E-state index is 12.9. The summed E-state index contributed by atoms with van der Waals surface area (Å²) in [6.07, 6.45) is 0.298. The van der Waals surface area contributed by atoms with Crippen LogP contribution >= 0.6 is 0 Å². The van der Waals surface area contributed by atoms with Gasteiger partial charge in [0.2, 0.25) is 0 Å². The summed E-state index contributed by atoms with van der Waals surface area (Å²) in [6, 6.07) is 6.23. The molecule has 0 bridgehead atoms. The quantitative estimate of drug-likeness (QED) is 0.335. The maximum atomic E-state index is 12.9. The normalized spacial score (nSPS) is 12.5. The van der Waals surface area contributed by atoms with E-state index in [9.17, 15) is 27.9 Å². The third-order valence-electron chi connectivity index (χ3n) is 4.94. The SMILES string of the molecule is CCOC(=O)C(C/C=C/S(=O)(=O)c1ccc(C)cc1)(CC(=O)CCC(C)(C)O)C(=O)OCC. The van der Waals surface area contributed by atoms with Crippen molar-refractivity contribution in [3.05, 3.63) is 41.3 Å². The Morgan fingerprint density at radius 3 is 1.97 bits per heavy atom. The van der Waals surface area contributed by atoms with E-state index in [0.29, 0.717) is 0 Å². The standard InChI is InChI=1S/C24H34O8S/c1-6-31-21(26)24(22(27)32-7-2,17-19(25)13-15-23(4,5)28)14-8-16-33(29,30)20-11-9-18(3)10-12-20/h8-12,16,28H,6-7,13-15,17H2,1-5H3/b16-8+. The van der Waals surface area contributed by atoms with Crippen molar-refractivity contribution >= 4 is 27.6 Å². The number of ketones is 1. The molecular weight excluding hydrogens is 448 g/mol. The molecule has 1 aromatic rings. The van der Waals surface area contributed by atoms with E-state index in [1.807, 2.05) is 6.92 Å². The highest BCUT2D eigenvalue weighted by Crippen LogP contribution is 2.33. The molecule has 0 atom stereocenters. The number of carbonyl (C=O) groups is 3. The number of Topliss-reactive ketones (excluding diaryl/α,β-unsaturated/α-hetero) is 1. The van der Waals surface area contributed by atoms with E-state index in [4.69, 9.17) is 9.47 Å². The van der Waals surface area contributed by atoms with Gasteiger partial charge < -0.3 is 14.6 Å². The Hall–Kier alpha value is -2.52. The highest BCUT2D eigenvalue weighted by molar-refractivity contribution is 7.94. The molecule has 9 heteroatoms. The third-order valence-corrected chi connectivity index (χ3v) is 6.42. The van der Waals surface area contributed by atoms with Crippen molar-refractivity contribution in [2.24, 2.45) is 5.41 Å². The van der Waals surface area contributed by atoms with Crippen molar-refractivity contribution in [2.75, 3.05) is 13.2 Å². The molecular formula is C24H34O8S. The van der Waals surface area contributed by atoms with Crippen LogP contribution in [0.3, 0.4) is 0 Å². The van der Waals surface area contributed by atoms with Gasteiger partial charge in [0.25, 0.3) is 0 Å². The van der Waals surface area contributed by atoms with Gasteiger partial charge in [0.15, 0.2) is 15.3 Å². The Morgan fingerprint density at radius 1 is 1.00 bits per heavy atom. The van der Waals surface area contributed by atoms with Crippen molar-refractivity contribution in [3.8, 4) is 0 Å². The highest BCUT2D eigenvalue weighted by atomic mass is 32.2. The molecule has 0 aliphatic rings. The first kappa shape index (κ1) is 28.5. The van der Waals surface area contributed by atoms with Gasteiger partial charge >= 0.3 is 11.9 Å². The Labute approximate surface area is 195 Å². The van der Waals surface area contributed by atoms with Crippen molar-refractivity contribution in [3.63, 3.8) is 0 Å². The van der Waals surface area contributed by atoms with Crippen LogP contribution in [-0.2, 0) is 33.7 Å². The Balaban J connectivity index is 3.29. The fourth-order valence-corrected chi connectivity index (χ4v) is 4.08. The van der Waals surface area contributed by atoms with Crippen molar-refractivity contribution in [1.82, 2.24) is 0 Å². The van der Waals surface area contributed by atoms with Crippen molar-refractivity contribution in [2.45, 2.75) is 70.8 Å². The van der Waals surface area contributed by atoms with E-state index in [-0.39, 0.29) is 31.0 Å². The third kappa shape index (κ3) is 8.74. The van der Waals surface area contributed by atoms with E-state index in [2.05, 4.69) is 0 Å². The molecule has 0 saturated carbocycles. The minimum Gasteiger partial charge on any atom is -0.465 e. The van der Waals surface area contributed by atoms with Crippen LogP contribution < -0.4 is 0 Å². The molecule has 0 unspecified atom stereocenters. The van der Waals surface area contributed by atoms with Gasteiger partial charge in [-0.1, -0.05) is 23.8 Å². The molecule has 0 saturated heterocycles. The maximum Gasteiger partial charge on any atom is 0.324 e. The summed E-state index contributed by atoms with van der Waals surface area (Å²) >= 11 is 0. The zero-order valence-electron chi connectivity index (χ0n) is 19.9. The highest BCUT2D eigenvalue weighted by Gasteiger charge is 2.49. The first-order valence-electron chi connectivity index (χ1n) is 10.8. The molecule has 0 amide bonds. The Bertz CT molecular complexity index is 935. The van der Waals surface area contributed by atoms with Gasteiger partial charge in [-0.3, -0.25) is 14.4 Å². The molecule has 0 radical (unpaired) electrons. The molecule has 0 aliphatic heterocycles. The van der Waals surface area contributed by atoms with Gasteiger partial charge in [-0.25, -0.2) is 8.42 Å². The van der Waals surface area contributed by atoms with Crippen LogP contribution in [-0.4, -0.2) is 50.1 Å². The molecule has 0 spiro atoms. The number of allylic oxidation sites excluding steroid dienone is 1. The fraction of sp³-hybridized carbons (Fsp3) is 0.542. The summed E-state index contributed by atoms with van der Waals surface area (Å²) in [4.78, 5) is 38.5. The van der Waals surface area contributed by atoms with Crippen LogP contribution in [0, 0.1) is 12.3 Å². The largest absolute Gasteiger partial charge is 0.465 e. The number of hydrogen-bond donors (Lipinski definition) is 1. The van der Waals surface area contributed by atoms with Crippen LogP contribution in [0.1, 0.15) is 58.9 Å². The van der Waals surface area contributed by atoms with Crippen LogP contribution in [0.15, 0.2) is 40.6 Å². The number of rotatable bonds is 13. The van der Waals surface area contributed by atoms with E-state index in [1.54, 1.807) is 39.8 Å². The minimum atomic E-state index is -3.84. The average Bonchev–Trinajstić information content (AvgIpc) is 2.71. The summed E-state index contributed by atoms with van der Waals surface area (Å²) < 4.78 is 35.4. The molecule has 33 heavy (non-hydrogen) atoms. The first-order chi connectivity index (χ1) is 15.3. The first-order valence-corrected chi connectivity index (χ1v) is 12.4. The molecule has 0 fully saturated rings. The molecule has 8 nitrogen and oxygen atoms in total. The number of esters is 2. The summed E-state index contributed by atoms with van der Waals surface area (Å²) in [6.45, 7) is 7.95. The fourth-order valence-electron chi connectivity index (χ4n) is 3.06. The molecule has 0 heterocycles. The Morgan fingerprint density at radius 2 is 1.52 bits per heavy atom. The lowest BCUT2D eigenvalue weighted by Crippen LogP contribution is -2.43. The summed E-state index contributed by atoms with van der Waals surface area (Å²) in [7, 11) is -3.84. The molecule has 0 aliphatic carbocycles. The zero-order chi connectivity index (χ0) is 25.3. The number of sulfone groups is 1. The van der Waals surface area contributed by atoms with Gasteiger partial charge in [0.05, 0.1) is 23.7 Å². The lowest BCUT2D eigenvalue weighted by atomic mass is 9.78. The van der Waals surface area contributed by atoms with E-state index in [1.165, 1.54) is 18.2 Å². The molecule has 0 aromatic heterocycles.